The quantitative estimate of drug-likeness (QED) is 0.816. The van der Waals surface area contributed by atoms with Crippen molar-refractivity contribution in [3.63, 3.8) is 0 Å². The lowest BCUT2D eigenvalue weighted by Crippen LogP contribution is -2.30. The van der Waals surface area contributed by atoms with Gasteiger partial charge in [0.05, 0.1) is 17.9 Å². The summed E-state index contributed by atoms with van der Waals surface area (Å²) in [6.07, 6.45) is 5.35. The number of hydrogen-bond donors (Lipinski definition) is 1. The monoisotopic (exact) mass is 208 g/mol. The maximum absolute atomic E-state index is 4.23. The molecule has 0 aliphatic carbocycles. The first-order valence-electron chi connectivity index (χ1n) is 5.87. The second-order valence-electron chi connectivity index (χ2n) is 4.75. The van der Waals surface area contributed by atoms with Crippen molar-refractivity contribution in [1.82, 2.24) is 20.3 Å². The summed E-state index contributed by atoms with van der Waals surface area (Å²) in [6, 6.07) is 0.558. The van der Waals surface area contributed by atoms with Crippen molar-refractivity contribution < 1.29 is 0 Å². The molecule has 0 radical (unpaired) electrons. The number of nitrogens with one attached hydrogen (secondary N) is 1. The summed E-state index contributed by atoms with van der Waals surface area (Å²) in [4.78, 5) is 0. The highest BCUT2D eigenvalue weighted by Gasteiger charge is 2.18. The van der Waals surface area contributed by atoms with Gasteiger partial charge < -0.3 is 5.32 Å². The Bertz CT molecular complexity index is 299. The van der Waals surface area contributed by atoms with Crippen LogP contribution in [0.15, 0.2) is 6.20 Å². The van der Waals surface area contributed by atoms with Crippen molar-refractivity contribution in [2.75, 3.05) is 13.1 Å². The smallest absolute Gasteiger partial charge is 0.0725 e. The van der Waals surface area contributed by atoms with Gasteiger partial charge in [0.2, 0.25) is 0 Å². The van der Waals surface area contributed by atoms with Gasteiger partial charge in [0.15, 0.2) is 0 Å². The molecule has 1 aliphatic rings. The Hall–Kier alpha value is -0.900. The molecule has 2 rings (SSSR count). The van der Waals surface area contributed by atoms with E-state index in [1.54, 1.807) is 0 Å². The maximum Gasteiger partial charge on any atom is 0.0725 e. The lowest BCUT2D eigenvalue weighted by atomic mass is 10.0. The highest BCUT2D eigenvalue weighted by molar-refractivity contribution is 4.97. The Balaban J connectivity index is 2.09. The molecule has 4 heteroatoms. The van der Waals surface area contributed by atoms with Crippen LogP contribution >= 0.6 is 0 Å². The zero-order chi connectivity index (χ0) is 10.7. The van der Waals surface area contributed by atoms with E-state index >= 15 is 0 Å². The van der Waals surface area contributed by atoms with Crippen LogP contribution < -0.4 is 5.32 Å². The van der Waals surface area contributed by atoms with Crippen molar-refractivity contribution in [3.8, 4) is 0 Å². The SMILES string of the molecule is CC(C)Cc1cnnn1C1CCNCC1. The molecule has 0 unspecified atom stereocenters. The fraction of sp³-hybridized carbons (Fsp3) is 0.818. The van der Waals surface area contributed by atoms with E-state index in [1.165, 1.54) is 18.5 Å². The molecule has 0 atom stereocenters. The summed E-state index contributed by atoms with van der Waals surface area (Å²) in [5.41, 5.74) is 1.29. The van der Waals surface area contributed by atoms with Gasteiger partial charge in [0.25, 0.3) is 0 Å². The zero-order valence-corrected chi connectivity index (χ0v) is 9.61. The summed E-state index contributed by atoms with van der Waals surface area (Å²) in [7, 11) is 0. The highest BCUT2D eigenvalue weighted by Crippen LogP contribution is 2.20. The van der Waals surface area contributed by atoms with Gasteiger partial charge in [-0.1, -0.05) is 19.1 Å². The Morgan fingerprint density at radius 1 is 1.47 bits per heavy atom. The first-order valence-corrected chi connectivity index (χ1v) is 5.87. The Morgan fingerprint density at radius 2 is 2.20 bits per heavy atom. The van der Waals surface area contributed by atoms with E-state index in [0.29, 0.717) is 12.0 Å². The predicted molar refractivity (Wildman–Crippen MR) is 59.7 cm³/mol. The van der Waals surface area contributed by atoms with Crippen LogP contribution in [0.3, 0.4) is 0 Å². The lowest BCUT2D eigenvalue weighted by molar-refractivity contribution is 0.327. The van der Waals surface area contributed by atoms with E-state index < -0.39 is 0 Å². The van der Waals surface area contributed by atoms with E-state index in [4.69, 9.17) is 0 Å². The third-order valence-corrected chi connectivity index (χ3v) is 2.92. The van der Waals surface area contributed by atoms with Crippen LogP contribution in [-0.4, -0.2) is 28.1 Å². The van der Waals surface area contributed by atoms with Gasteiger partial charge in [0, 0.05) is 0 Å². The Kier molecular flexibility index (Phi) is 3.36. The summed E-state index contributed by atoms with van der Waals surface area (Å²) >= 11 is 0. The van der Waals surface area contributed by atoms with E-state index in [9.17, 15) is 0 Å². The molecule has 4 nitrogen and oxygen atoms in total. The number of hydrogen-bond acceptors (Lipinski definition) is 3. The van der Waals surface area contributed by atoms with Gasteiger partial charge >= 0.3 is 0 Å². The van der Waals surface area contributed by atoms with Crippen molar-refractivity contribution in [3.05, 3.63) is 11.9 Å². The van der Waals surface area contributed by atoms with Gasteiger partial charge in [-0.2, -0.15) is 0 Å². The van der Waals surface area contributed by atoms with Crippen LogP contribution in [0.25, 0.3) is 0 Å². The van der Waals surface area contributed by atoms with Gasteiger partial charge in [-0.3, -0.25) is 0 Å². The number of aromatic nitrogens is 3. The van der Waals surface area contributed by atoms with Crippen LogP contribution in [-0.2, 0) is 6.42 Å². The predicted octanol–water partition coefficient (Wildman–Crippen LogP) is 1.40. The minimum absolute atomic E-state index is 0.558. The van der Waals surface area contributed by atoms with E-state index in [0.717, 1.165) is 19.5 Å². The molecule has 0 bridgehead atoms. The molecule has 0 aromatic carbocycles. The average Bonchev–Trinajstić information content (AvgIpc) is 2.66. The second kappa shape index (κ2) is 4.75. The minimum atomic E-state index is 0.558. The van der Waals surface area contributed by atoms with E-state index in [2.05, 4.69) is 34.2 Å². The van der Waals surface area contributed by atoms with E-state index in [1.807, 2.05) is 6.20 Å². The molecule has 1 saturated heterocycles. The molecule has 1 N–H and O–H groups in total. The fourth-order valence-corrected chi connectivity index (χ4v) is 2.19. The summed E-state index contributed by atoms with van der Waals surface area (Å²) in [5.74, 6) is 0.670. The maximum atomic E-state index is 4.23. The molecule has 1 aromatic heterocycles. The molecule has 1 aromatic rings. The van der Waals surface area contributed by atoms with Crippen molar-refractivity contribution >= 4 is 0 Å². The molecular formula is C11H20N4. The van der Waals surface area contributed by atoms with Crippen molar-refractivity contribution in [1.29, 1.82) is 0 Å². The van der Waals surface area contributed by atoms with Crippen LogP contribution in [0.2, 0.25) is 0 Å². The summed E-state index contributed by atoms with van der Waals surface area (Å²) in [5, 5.41) is 11.7. The molecule has 15 heavy (non-hydrogen) atoms. The Morgan fingerprint density at radius 3 is 2.87 bits per heavy atom. The normalized spacial score (nSPS) is 18.6. The molecule has 2 heterocycles. The van der Waals surface area contributed by atoms with Crippen LogP contribution in [0.5, 0.6) is 0 Å². The van der Waals surface area contributed by atoms with E-state index in [-0.39, 0.29) is 0 Å². The topological polar surface area (TPSA) is 42.7 Å². The van der Waals surface area contributed by atoms with Crippen molar-refractivity contribution in [2.24, 2.45) is 5.92 Å². The van der Waals surface area contributed by atoms with Crippen LogP contribution in [0.4, 0.5) is 0 Å². The third-order valence-electron chi connectivity index (χ3n) is 2.92. The number of rotatable bonds is 3. The van der Waals surface area contributed by atoms with Gasteiger partial charge in [0.1, 0.15) is 0 Å². The van der Waals surface area contributed by atoms with Crippen LogP contribution in [0, 0.1) is 5.92 Å². The molecule has 0 saturated carbocycles. The third kappa shape index (κ3) is 2.56. The van der Waals surface area contributed by atoms with Gasteiger partial charge in [-0.25, -0.2) is 4.68 Å². The molecule has 1 aliphatic heterocycles. The first kappa shape index (κ1) is 10.6. The minimum Gasteiger partial charge on any atom is -0.317 e. The molecule has 0 spiro atoms. The Labute approximate surface area is 91.1 Å². The summed E-state index contributed by atoms with van der Waals surface area (Å²) in [6.45, 7) is 6.68. The highest BCUT2D eigenvalue weighted by atomic mass is 15.4. The molecular weight excluding hydrogens is 188 g/mol. The summed E-state index contributed by atoms with van der Waals surface area (Å²) < 4.78 is 2.14. The lowest BCUT2D eigenvalue weighted by Gasteiger charge is -2.24. The molecule has 84 valence electrons. The number of piperidine rings is 1. The van der Waals surface area contributed by atoms with Crippen molar-refractivity contribution in [2.45, 2.75) is 39.2 Å². The van der Waals surface area contributed by atoms with Gasteiger partial charge in [-0.05, 0) is 38.3 Å². The van der Waals surface area contributed by atoms with Gasteiger partial charge in [-0.15, -0.1) is 5.10 Å². The second-order valence-corrected chi connectivity index (χ2v) is 4.75. The molecule has 0 amide bonds. The average molecular weight is 208 g/mol. The van der Waals surface area contributed by atoms with Crippen LogP contribution in [0.1, 0.15) is 38.4 Å². The first-order chi connectivity index (χ1) is 7.27. The largest absolute Gasteiger partial charge is 0.317 e. The standard InChI is InChI=1S/C11H20N4/c1-9(2)7-11-8-13-14-15(11)10-3-5-12-6-4-10/h8-10,12H,3-7H2,1-2H3. The zero-order valence-electron chi connectivity index (χ0n) is 9.61. The molecule has 1 fully saturated rings. The number of nitrogens with zero attached hydrogens (tertiary/aromatic N) is 3. The fourth-order valence-electron chi connectivity index (χ4n) is 2.19.